The summed E-state index contributed by atoms with van der Waals surface area (Å²) in [5, 5.41) is 26.8. The fraction of sp³-hybridized carbons (Fsp3) is 0.100. The van der Waals surface area contributed by atoms with Gasteiger partial charge < -0.3 is 15.5 Å². The number of carboxylic acids is 1. The van der Waals surface area contributed by atoms with Gasteiger partial charge in [0.05, 0.1) is 0 Å². The minimum atomic E-state index is -1.19. The average molecular weight is 376 g/mol. The molecule has 0 atom stereocenters. The van der Waals surface area contributed by atoms with Gasteiger partial charge in [-0.3, -0.25) is 9.59 Å². The van der Waals surface area contributed by atoms with Gasteiger partial charge in [-0.15, -0.1) is 0 Å². The van der Waals surface area contributed by atoms with E-state index in [0.717, 1.165) is 16.7 Å². The van der Waals surface area contributed by atoms with Crippen molar-refractivity contribution in [2.24, 2.45) is 0 Å². The number of hydrogen-bond acceptors (Lipinski definition) is 5. The maximum absolute atomic E-state index is 12.4. The largest absolute Gasteiger partial charge is 0.505 e. The lowest BCUT2D eigenvalue weighted by Gasteiger charge is -2.12. The molecule has 28 heavy (non-hydrogen) atoms. The monoisotopic (exact) mass is 376 g/mol. The molecule has 2 aromatic carbocycles. The first-order valence-corrected chi connectivity index (χ1v) is 8.51. The zero-order valence-corrected chi connectivity index (χ0v) is 14.9. The van der Waals surface area contributed by atoms with Crippen molar-refractivity contribution < 1.29 is 19.8 Å². The first-order valence-electron chi connectivity index (χ1n) is 8.51. The molecule has 2 heterocycles. The van der Waals surface area contributed by atoms with Gasteiger partial charge in [-0.05, 0) is 30.2 Å². The Morgan fingerprint density at radius 1 is 1.11 bits per heavy atom. The maximum Gasteiger partial charge on any atom is 0.322 e. The van der Waals surface area contributed by atoms with E-state index in [-0.39, 0.29) is 11.4 Å². The molecule has 0 bridgehead atoms. The van der Waals surface area contributed by atoms with Gasteiger partial charge in [-0.1, -0.05) is 35.9 Å². The smallest absolute Gasteiger partial charge is 0.322 e. The van der Waals surface area contributed by atoms with Crippen molar-refractivity contribution in [1.29, 1.82) is 0 Å². The fourth-order valence-corrected chi connectivity index (χ4v) is 3.20. The summed E-state index contributed by atoms with van der Waals surface area (Å²) in [6, 6.07) is 13.5. The first kappa shape index (κ1) is 17.5. The van der Waals surface area contributed by atoms with E-state index in [1.807, 2.05) is 37.3 Å². The van der Waals surface area contributed by atoms with Crippen LogP contribution in [0, 0.1) is 6.92 Å². The molecule has 0 aliphatic carbocycles. The normalized spacial score (nSPS) is 11.0. The molecule has 0 spiro atoms. The van der Waals surface area contributed by atoms with E-state index in [9.17, 15) is 14.7 Å². The summed E-state index contributed by atoms with van der Waals surface area (Å²) in [5.74, 6) is -2.22. The average Bonchev–Trinajstić information content (AvgIpc) is 3.15. The Kier molecular flexibility index (Phi) is 4.15. The van der Waals surface area contributed by atoms with E-state index in [2.05, 4.69) is 21.5 Å². The van der Waals surface area contributed by atoms with Crippen molar-refractivity contribution in [2.75, 3.05) is 6.54 Å². The van der Waals surface area contributed by atoms with E-state index in [0.29, 0.717) is 16.4 Å². The molecule has 140 valence electrons. The third-order valence-corrected chi connectivity index (χ3v) is 4.47. The zero-order chi connectivity index (χ0) is 19.8. The number of aromatic hydroxyl groups is 1. The number of benzene rings is 2. The number of nitrogens with zero attached hydrogens (tertiary/aromatic N) is 3. The number of fused-ring (bicyclic) bond motifs is 3. The third kappa shape index (κ3) is 2.90. The van der Waals surface area contributed by atoms with Gasteiger partial charge in [-0.2, -0.15) is 5.10 Å². The number of hydrogen-bond donors (Lipinski definition) is 3. The van der Waals surface area contributed by atoms with Crippen LogP contribution in [0.25, 0.3) is 27.5 Å². The number of aliphatic carboxylic acids is 1. The lowest BCUT2D eigenvalue weighted by Crippen LogP contribution is -2.31. The number of carboxylic acid groups (broad SMARTS) is 1. The highest BCUT2D eigenvalue weighted by molar-refractivity contribution is 6.07. The highest BCUT2D eigenvalue weighted by Gasteiger charge is 2.22. The van der Waals surface area contributed by atoms with Gasteiger partial charge >= 0.3 is 5.97 Å². The number of pyridine rings is 1. The van der Waals surface area contributed by atoms with Crippen molar-refractivity contribution in [3.05, 3.63) is 60.0 Å². The maximum atomic E-state index is 12.4. The molecule has 8 heteroatoms. The molecule has 0 radical (unpaired) electrons. The summed E-state index contributed by atoms with van der Waals surface area (Å²) in [6.45, 7) is 1.44. The molecule has 0 saturated carbocycles. The van der Waals surface area contributed by atoms with Crippen LogP contribution in [0.3, 0.4) is 0 Å². The standard InChI is InChI=1S/C20H16N4O4/c1-11-3-2-4-12(7-11)13-5-6-14-15(8-13)19-22-10-23-24(19)17(18(14)27)20(28)21-9-16(25)26/h2-8,10,27H,9H2,1H3,(H,21,28)(H,25,26). The van der Waals surface area contributed by atoms with Gasteiger partial charge in [0, 0.05) is 10.8 Å². The van der Waals surface area contributed by atoms with Gasteiger partial charge in [-0.25, -0.2) is 9.50 Å². The highest BCUT2D eigenvalue weighted by atomic mass is 16.4. The number of aromatic nitrogens is 3. The second kappa shape index (κ2) is 6.66. The Bertz CT molecular complexity index is 1250. The molecular formula is C20H16N4O4. The molecule has 0 saturated heterocycles. The van der Waals surface area contributed by atoms with Gasteiger partial charge in [0.15, 0.2) is 17.1 Å². The number of aryl methyl sites for hydroxylation is 1. The topological polar surface area (TPSA) is 117 Å². The van der Waals surface area contributed by atoms with Crippen LogP contribution in [0.15, 0.2) is 48.8 Å². The Balaban J connectivity index is 1.92. The van der Waals surface area contributed by atoms with Crippen LogP contribution >= 0.6 is 0 Å². The second-order valence-electron chi connectivity index (χ2n) is 6.40. The number of carbonyl (C=O) groups excluding carboxylic acids is 1. The predicted octanol–water partition coefficient (Wildman–Crippen LogP) is 2.38. The van der Waals surface area contributed by atoms with Gasteiger partial charge in [0.25, 0.3) is 5.91 Å². The number of rotatable bonds is 4. The quantitative estimate of drug-likeness (QED) is 0.503. The number of nitrogens with one attached hydrogen (secondary N) is 1. The second-order valence-corrected chi connectivity index (χ2v) is 6.40. The molecular weight excluding hydrogens is 360 g/mol. The minimum Gasteiger partial charge on any atom is -0.505 e. The molecule has 1 amide bonds. The molecule has 4 rings (SSSR count). The van der Waals surface area contributed by atoms with Crippen molar-refractivity contribution in [3.63, 3.8) is 0 Å². The van der Waals surface area contributed by atoms with Gasteiger partial charge in [0.2, 0.25) is 0 Å². The number of carbonyl (C=O) groups is 2. The summed E-state index contributed by atoms with van der Waals surface area (Å²) < 4.78 is 1.22. The van der Waals surface area contributed by atoms with Crippen LogP contribution in [-0.4, -0.2) is 43.2 Å². The van der Waals surface area contributed by atoms with Crippen LogP contribution in [0.1, 0.15) is 16.1 Å². The molecule has 0 aliphatic rings. The molecule has 0 fully saturated rings. The van der Waals surface area contributed by atoms with Crippen molar-refractivity contribution in [3.8, 4) is 16.9 Å². The molecule has 3 N–H and O–H groups in total. The highest BCUT2D eigenvalue weighted by Crippen LogP contribution is 2.34. The van der Waals surface area contributed by atoms with Gasteiger partial charge in [0.1, 0.15) is 12.9 Å². The molecule has 8 nitrogen and oxygen atoms in total. The van der Waals surface area contributed by atoms with Crippen LogP contribution in [-0.2, 0) is 4.79 Å². The van der Waals surface area contributed by atoms with Crippen molar-refractivity contribution in [2.45, 2.75) is 6.92 Å². The Labute approximate surface area is 159 Å². The van der Waals surface area contributed by atoms with Crippen molar-refractivity contribution >= 4 is 28.3 Å². The SMILES string of the molecule is Cc1cccc(-c2ccc3c(O)c(C(=O)NCC(=O)O)n4ncnc4c3c2)c1. The zero-order valence-electron chi connectivity index (χ0n) is 14.9. The van der Waals surface area contributed by atoms with Crippen LogP contribution in [0.2, 0.25) is 0 Å². The molecule has 0 unspecified atom stereocenters. The molecule has 4 aromatic rings. The van der Waals surface area contributed by atoms with Crippen LogP contribution in [0.5, 0.6) is 5.75 Å². The lowest BCUT2D eigenvalue weighted by atomic mass is 9.99. The molecule has 0 aliphatic heterocycles. The first-order chi connectivity index (χ1) is 13.5. The van der Waals surface area contributed by atoms with E-state index in [1.165, 1.54) is 10.8 Å². The predicted molar refractivity (Wildman–Crippen MR) is 102 cm³/mol. The molecule has 2 aromatic heterocycles. The van der Waals surface area contributed by atoms with E-state index >= 15 is 0 Å². The summed E-state index contributed by atoms with van der Waals surface area (Å²) >= 11 is 0. The van der Waals surface area contributed by atoms with Crippen LogP contribution in [0.4, 0.5) is 0 Å². The van der Waals surface area contributed by atoms with E-state index < -0.39 is 18.4 Å². The minimum absolute atomic E-state index is 0.162. The summed E-state index contributed by atoms with van der Waals surface area (Å²) in [4.78, 5) is 27.4. The Hall–Kier alpha value is -3.94. The number of amides is 1. The summed E-state index contributed by atoms with van der Waals surface area (Å²) in [6.07, 6.45) is 1.28. The van der Waals surface area contributed by atoms with E-state index in [1.54, 1.807) is 6.07 Å². The summed E-state index contributed by atoms with van der Waals surface area (Å²) in [7, 11) is 0. The Morgan fingerprint density at radius 3 is 2.64 bits per heavy atom. The Morgan fingerprint density at radius 2 is 1.89 bits per heavy atom. The van der Waals surface area contributed by atoms with Crippen LogP contribution < -0.4 is 5.32 Å². The van der Waals surface area contributed by atoms with Crippen molar-refractivity contribution in [1.82, 2.24) is 19.9 Å². The van der Waals surface area contributed by atoms with E-state index in [4.69, 9.17) is 5.11 Å². The summed E-state index contributed by atoms with van der Waals surface area (Å²) in [5.41, 5.74) is 3.30. The third-order valence-electron chi connectivity index (χ3n) is 4.47. The lowest BCUT2D eigenvalue weighted by molar-refractivity contribution is -0.135. The fourth-order valence-electron chi connectivity index (χ4n) is 3.20.